The van der Waals surface area contributed by atoms with Gasteiger partial charge in [-0.15, -0.1) is 0 Å². The van der Waals surface area contributed by atoms with E-state index in [-0.39, 0.29) is 0 Å². The summed E-state index contributed by atoms with van der Waals surface area (Å²) >= 11 is 0. The predicted molar refractivity (Wildman–Crippen MR) is 106 cm³/mol. The monoisotopic (exact) mass is 347 g/mol. The average molecular weight is 348 g/mol. The van der Waals surface area contributed by atoms with Crippen molar-refractivity contribution in [1.29, 1.82) is 0 Å². The molecule has 1 fully saturated rings. The SMILES string of the molecule is CN=C(NCC1CCCCCCC1)NC(C)Cc1c(C)nn(C)c1C. The van der Waals surface area contributed by atoms with Gasteiger partial charge >= 0.3 is 0 Å². The maximum Gasteiger partial charge on any atom is 0.191 e. The Kier molecular flexibility index (Phi) is 7.79. The van der Waals surface area contributed by atoms with E-state index in [4.69, 9.17) is 0 Å². The topological polar surface area (TPSA) is 54.2 Å². The number of guanidine groups is 1. The van der Waals surface area contributed by atoms with E-state index in [2.05, 4.69) is 41.5 Å². The van der Waals surface area contributed by atoms with Crippen LogP contribution in [-0.4, -0.2) is 35.4 Å². The molecule has 0 aliphatic heterocycles. The Hall–Kier alpha value is -1.52. The van der Waals surface area contributed by atoms with Gasteiger partial charge in [-0.05, 0) is 51.5 Å². The van der Waals surface area contributed by atoms with Crippen LogP contribution in [0.4, 0.5) is 0 Å². The molecule has 1 aliphatic rings. The van der Waals surface area contributed by atoms with E-state index in [9.17, 15) is 0 Å². The molecule has 0 saturated heterocycles. The molecule has 1 unspecified atom stereocenters. The standard InChI is InChI=1S/C20H37N5/c1-15(13-19-16(2)24-25(5)17(19)3)23-20(21-4)22-14-18-11-9-7-6-8-10-12-18/h15,18H,6-14H2,1-5H3,(H2,21,22,23). The second-order valence-electron chi connectivity index (χ2n) is 7.69. The molecule has 0 spiro atoms. The Morgan fingerprint density at radius 2 is 1.84 bits per heavy atom. The zero-order valence-corrected chi connectivity index (χ0v) is 16.9. The summed E-state index contributed by atoms with van der Waals surface area (Å²) in [7, 11) is 3.88. The number of hydrogen-bond donors (Lipinski definition) is 2. The minimum Gasteiger partial charge on any atom is -0.356 e. The van der Waals surface area contributed by atoms with Gasteiger partial charge in [-0.1, -0.05) is 32.1 Å². The van der Waals surface area contributed by atoms with E-state index < -0.39 is 0 Å². The number of aromatic nitrogens is 2. The normalized spacial score (nSPS) is 18.5. The van der Waals surface area contributed by atoms with Gasteiger partial charge in [-0.2, -0.15) is 5.10 Å². The minimum absolute atomic E-state index is 0.324. The lowest BCUT2D eigenvalue weighted by atomic mass is 9.91. The number of nitrogens with one attached hydrogen (secondary N) is 2. The third kappa shape index (κ3) is 6.05. The maximum atomic E-state index is 4.52. The summed E-state index contributed by atoms with van der Waals surface area (Å²) in [5.74, 6) is 1.71. The Balaban J connectivity index is 1.82. The molecule has 0 aromatic carbocycles. The van der Waals surface area contributed by atoms with Gasteiger partial charge in [0.2, 0.25) is 0 Å². The lowest BCUT2D eigenvalue weighted by molar-refractivity contribution is 0.374. The minimum atomic E-state index is 0.324. The molecule has 1 saturated carbocycles. The Bertz CT molecular complexity index is 553. The second kappa shape index (κ2) is 9.83. The van der Waals surface area contributed by atoms with Crippen molar-refractivity contribution in [1.82, 2.24) is 20.4 Å². The van der Waals surface area contributed by atoms with Crippen molar-refractivity contribution in [2.75, 3.05) is 13.6 Å². The Morgan fingerprint density at radius 3 is 2.40 bits per heavy atom. The van der Waals surface area contributed by atoms with Crippen molar-refractivity contribution in [3.63, 3.8) is 0 Å². The largest absolute Gasteiger partial charge is 0.356 e. The second-order valence-corrected chi connectivity index (χ2v) is 7.69. The van der Waals surface area contributed by atoms with E-state index in [1.54, 1.807) is 0 Å². The zero-order valence-electron chi connectivity index (χ0n) is 16.9. The van der Waals surface area contributed by atoms with Gasteiger partial charge in [0.15, 0.2) is 5.96 Å². The fourth-order valence-corrected chi connectivity index (χ4v) is 3.88. The lowest BCUT2D eigenvalue weighted by Crippen LogP contribution is -2.44. The highest BCUT2D eigenvalue weighted by Crippen LogP contribution is 2.21. The first kappa shape index (κ1) is 19.8. The number of hydrogen-bond acceptors (Lipinski definition) is 2. The van der Waals surface area contributed by atoms with Gasteiger partial charge in [0, 0.05) is 32.4 Å². The summed E-state index contributed by atoms with van der Waals surface area (Å²) in [6.07, 6.45) is 10.7. The highest BCUT2D eigenvalue weighted by molar-refractivity contribution is 5.79. The Morgan fingerprint density at radius 1 is 1.20 bits per heavy atom. The summed E-state index contributed by atoms with van der Waals surface area (Å²) in [6, 6.07) is 0.324. The third-order valence-corrected chi connectivity index (χ3v) is 5.56. The van der Waals surface area contributed by atoms with E-state index >= 15 is 0 Å². The van der Waals surface area contributed by atoms with Gasteiger partial charge in [-0.3, -0.25) is 9.67 Å². The molecule has 1 aromatic rings. The van der Waals surface area contributed by atoms with E-state index in [0.717, 1.165) is 30.5 Å². The van der Waals surface area contributed by atoms with Crippen LogP contribution < -0.4 is 10.6 Å². The summed E-state index contributed by atoms with van der Waals surface area (Å²) in [5, 5.41) is 11.6. The summed E-state index contributed by atoms with van der Waals surface area (Å²) in [5.41, 5.74) is 3.73. The highest BCUT2D eigenvalue weighted by Gasteiger charge is 2.15. The molecule has 25 heavy (non-hydrogen) atoms. The van der Waals surface area contributed by atoms with Crippen LogP contribution in [0, 0.1) is 19.8 Å². The molecule has 5 heteroatoms. The molecule has 0 radical (unpaired) electrons. The number of nitrogens with zero attached hydrogens (tertiary/aromatic N) is 3. The van der Waals surface area contributed by atoms with Gasteiger partial charge < -0.3 is 10.6 Å². The van der Waals surface area contributed by atoms with Gasteiger partial charge in [0.25, 0.3) is 0 Å². The smallest absolute Gasteiger partial charge is 0.191 e. The predicted octanol–water partition coefficient (Wildman–Crippen LogP) is 3.49. The molecule has 1 aromatic heterocycles. The summed E-state index contributed by atoms with van der Waals surface area (Å²) in [4.78, 5) is 4.42. The van der Waals surface area contributed by atoms with Crippen LogP contribution in [0.25, 0.3) is 0 Å². The first-order chi connectivity index (χ1) is 12.0. The van der Waals surface area contributed by atoms with Crippen molar-refractivity contribution in [3.8, 4) is 0 Å². The van der Waals surface area contributed by atoms with Gasteiger partial charge in [0.1, 0.15) is 0 Å². The molecule has 2 rings (SSSR count). The van der Waals surface area contributed by atoms with Crippen LogP contribution in [0.1, 0.15) is 68.8 Å². The van der Waals surface area contributed by atoms with Crippen molar-refractivity contribution in [2.24, 2.45) is 18.0 Å². The van der Waals surface area contributed by atoms with Crippen molar-refractivity contribution in [3.05, 3.63) is 17.0 Å². The molecule has 0 amide bonds. The van der Waals surface area contributed by atoms with E-state index in [1.807, 2.05) is 18.8 Å². The number of rotatable bonds is 5. The van der Waals surface area contributed by atoms with Crippen LogP contribution in [-0.2, 0) is 13.5 Å². The van der Waals surface area contributed by atoms with Crippen LogP contribution >= 0.6 is 0 Å². The summed E-state index contributed by atoms with van der Waals surface area (Å²) in [6.45, 7) is 7.49. The molecular formula is C20H37N5. The molecule has 1 atom stereocenters. The van der Waals surface area contributed by atoms with Crippen LogP contribution in [0.15, 0.2) is 4.99 Å². The lowest BCUT2D eigenvalue weighted by Gasteiger charge is -2.23. The van der Waals surface area contributed by atoms with Crippen LogP contribution in [0.5, 0.6) is 0 Å². The Labute approximate surface area is 153 Å². The molecular weight excluding hydrogens is 310 g/mol. The molecule has 1 aliphatic carbocycles. The first-order valence-electron chi connectivity index (χ1n) is 9.97. The number of aryl methyl sites for hydroxylation is 2. The fraction of sp³-hybridized carbons (Fsp3) is 0.800. The molecule has 142 valence electrons. The molecule has 5 nitrogen and oxygen atoms in total. The third-order valence-electron chi connectivity index (χ3n) is 5.56. The molecule has 0 bridgehead atoms. The van der Waals surface area contributed by atoms with E-state index in [1.165, 1.54) is 56.2 Å². The van der Waals surface area contributed by atoms with E-state index in [0.29, 0.717) is 6.04 Å². The first-order valence-corrected chi connectivity index (χ1v) is 9.97. The van der Waals surface area contributed by atoms with Gasteiger partial charge in [-0.25, -0.2) is 0 Å². The quantitative estimate of drug-likeness (QED) is 0.633. The van der Waals surface area contributed by atoms with Crippen LogP contribution in [0.2, 0.25) is 0 Å². The molecule has 1 heterocycles. The highest BCUT2D eigenvalue weighted by atomic mass is 15.3. The zero-order chi connectivity index (χ0) is 18.2. The average Bonchev–Trinajstić information content (AvgIpc) is 2.79. The van der Waals surface area contributed by atoms with Crippen molar-refractivity contribution in [2.45, 2.75) is 78.2 Å². The van der Waals surface area contributed by atoms with Crippen LogP contribution in [0.3, 0.4) is 0 Å². The molecule has 2 N–H and O–H groups in total. The maximum absolute atomic E-state index is 4.52. The number of aliphatic imine (C=N–C) groups is 1. The van der Waals surface area contributed by atoms with Gasteiger partial charge in [0.05, 0.1) is 5.69 Å². The van der Waals surface area contributed by atoms with Crippen molar-refractivity contribution < 1.29 is 0 Å². The summed E-state index contributed by atoms with van der Waals surface area (Å²) < 4.78 is 1.97. The van der Waals surface area contributed by atoms with Crippen molar-refractivity contribution >= 4 is 5.96 Å². The fourth-order valence-electron chi connectivity index (χ4n) is 3.88.